The van der Waals surface area contributed by atoms with Crippen LogP contribution in [-0.4, -0.2) is 18.0 Å². The van der Waals surface area contributed by atoms with Gasteiger partial charge in [-0.25, -0.2) is 0 Å². The molecule has 1 heterocycles. The van der Waals surface area contributed by atoms with Crippen LogP contribution in [0.25, 0.3) is 0 Å². The average molecular weight is 424 g/mol. The first-order valence-corrected chi connectivity index (χ1v) is 10.7. The van der Waals surface area contributed by atoms with Gasteiger partial charge < -0.3 is 21.9 Å². The quantitative estimate of drug-likeness (QED) is 0.439. The number of hydrogen-bond donors (Lipinski definition) is 0. The fraction of sp³-hybridized carbons (Fsp3) is 0.130. The van der Waals surface area contributed by atoms with Gasteiger partial charge in [-0.1, -0.05) is 54.6 Å². The van der Waals surface area contributed by atoms with Crippen molar-refractivity contribution in [3.63, 3.8) is 0 Å². The van der Waals surface area contributed by atoms with E-state index in [1.807, 2.05) is 0 Å². The Kier molecular flexibility index (Phi) is 5.96. The largest absolute Gasteiger partial charge is 1.00 e. The molecule has 0 saturated carbocycles. The van der Waals surface area contributed by atoms with Crippen LogP contribution in [-0.2, 0) is 0 Å². The minimum Gasteiger partial charge on any atom is -1.00 e. The zero-order chi connectivity index (χ0) is 17.1. The molecule has 132 valence electrons. The van der Waals surface area contributed by atoms with Crippen LogP contribution in [0, 0.1) is 0 Å². The fourth-order valence-corrected chi connectivity index (χ4v) is 7.42. The minimum absolute atomic E-state index is 0. The summed E-state index contributed by atoms with van der Waals surface area (Å²) in [4.78, 5) is 2.45. The molecule has 0 unspecified atom stereocenters. The molecule has 26 heavy (non-hydrogen) atoms. The van der Waals surface area contributed by atoms with Crippen molar-refractivity contribution in [1.82, 2.24) is 4.90 Å². The van der Waals surface area contributed by atoms with Gasteiger partial charge in [0, 0.05) is 18.8 Å². The van der Waals surface area contributed by atoms with Crippen molar-refractivity contribution in [3.8, 4) is 0 Å². The molecule has 1 nitrogen and oxygen atoms in total. The van der Waals surface area contributed by atoms with E-state index in [0.717, 1.165) is 0 Å². The van der Waals surface area contributed by atoms with Gasteiger partial charge in [0.25, 0.3) is 0 Å². The highest BCUT2D eigenvalue weighted by molar-refractivity contribution is 7.98. The van der Waals surface area contributed by atoms with Crippen molar-refractivity contribution in [1.29, 1.82) is 0 Å². The van der Waals surface area contributed by atoms with Crippen molar-refractivity contribution in [3.05, 3.63) is 103 Å². The summed E-state index contributed by atoms with van der Waals surface area (Å²) in [5.74, 6) is 2.56. The summed E-state index contributed by atoms with van der Waals surface area (Å²) in [7, 11) is -1.83. The van der Waals surface area contributed by atoms with E-state index in [2.05, 4.69) is 109 Å². The lowest BCUT2D eigenvalue weighted by molar-refractivity contribution is -0.00000492. The zero-order valence-corrected chi connectivity index (χ0v) is 17.4. The highest BCUT2D eigenvalue weighted by Gasteiger charge is 2.44. The summed E-state index contributed by atoms with van der Waals surface area (Å²) in [6.45, 7) is 4.62. The van der Waals surface area contributed by atoms with Crippen LogP contribution in [0.15, 0.2) is 103 Å². The molecule has 0 N–H and O–H groups in total. The van der Waals surface area contributed by atoms with Gasteiger partial charge in [-0.05, 0) is 43.3 Å². The number of rotatable bonds is 5. The molecular weight excluding hydrogens is 401 g/mol. The lowest BCUT2D eigenvalue weighted by Gasteiger charge is -2.25. The number of allylic oxidation sites excluding steroid dienone is 1. The van der Waals surface area contributed by atoms with Crippen LogP contribution in [0.3, 0.4) is 0 Å². The second kappa shape index (κ2) is 8.20. The SMILES string of the molecule is CC(=C[P+](c1ccccc1)(c1ccccc1)c1ccccc1)N1CC1.[Br-]. The highest BCUT2D eigenvalue weighted by Crippen LogP contribution is 2.57. The van der Waals surface area contributed by atoms with Crippen LogP contribution in [0.2, 0.25) is 0 Å². The maximum Gasteiger partial charge on any atom is 0.138 e. The first-order valence-electron chi connectivity index (χ1n) is 8.81. The molecule has 1 aliphatic rings. The van der Waals surface area contributed by atoms with Crippen molar-refractivity contribution in [2.75, 3.05) is 13.1 Å². The smallest absolute Gasteiger partial charge is 0.138 e. The van der Waals surface area contributed by atoms with Crippen molar-refractivity contribution in [2.45, 2.75) is 6.92 Å². The molecule has 1 fully saturated rings. The standard InChI is InChI=1S/C23H23NP.BrH/c1-20(24-17-18-24)19-25(21-11-5-2-6-12-21,22-13-7-3-8-14-22)23-15-9-4-10-16-23;/h2-16,19H,17-18H2,1H3;1H/q+1;/p-1. The molecule has 0 amide bonds. The Morgan fingerprint density at radius 1 is 0.692 bits per heavy atom. The van der Waals surface area contributed by atoms with Crippen LogP contribution in [0.1, 0.15) is 6.92 Å². The Morgan fingerprint density at radius 2 is 1.04 bits per heavy atom. The maximum atomic E-state index is 2.56. The molecular formula is C23H23BrNP. The molecule has 0 atom stereocenters. The van der Waals surface area contributed by atoms with Crippen molar-refractivity contribution < 1.29 is 17.0 Å². The molecule has 0 aliphatic carbocycles. The summed E-state index contributed by atoms with van der Waals surface area (Å²) in [5, 5.41) is 4.23. The lowest BCUT2D eigenvalue weighted by atomic mass is 10.4. The minimum atomic E-state index is -1.83. The van der Waals surface area contributed by atoms with E-state index < -0.39 is 7.26 Å². The predicted molar refractivity (Wildman–Crippen MR) is 110 cm³/mol. The average Bonchev–Trinajstić information content (AvgIpc) is 3.53. The van der Waals surface area contributed by atoms with E-state index in [9.17, 15) is 0 Å². The van der Waals surface area contributed by atoms with Gasteiger partial charge in [0.2, 0.25) is 0 Å². The number of halogens is 1. The van der Waals surface area contributed by atoms with Gasteiger partial charge in [-0.3, -0.25) is 0 Å². The normalized spacial score (nSPS) is 13.9. The van der Waals surface area contributed by atoms with Gasteiger partial charge in [0.05, 0.1) is 5.82 Å². The van der Waals surface area contributed by atoms with E-state index in [1.165, 1.54) is 34.7 Å². The Bertz CT molecular complexity index is 762. The van der Waals surface area contributed by atoms with E-state index in [-0.39, 0.29) is 17.0 Å². The van der Waals surface area contributed by atoms with Crippen molar-refractivity contribution in [2.24, 2.45) is 0 Å². The van der Waals surface area contributed by atoms with Crippen LogP contribution >= 0.6 is 7.26 Å². The van der Waals surface area contributed by atoms with Gasteiger partial charge >= 0.3 is 0 Å². The van der Waals surface area contributed by atoms with Gasteiger partial charge in [0.1, 0.15) is 23.2 Å². The molecule has 4 rings (SSSR count). The Hall–Kier alpha value is -1.89. The summed E-state index contributed by atoms with van der Waals surface area (Å²) in [5.41, 5.74) is 1.39. The molecule has 1 saturated heterocycles. The highest BCUT2D eigenvalue weighted by atomic mass is 79.9. The third kappa shape index (κ3) is 3.63. The summed E-state index contributed by atoms with van der Waals surface area (Å²) < 4.78 is 0. The van der Waals surface area contributed by atoms with E-state index in [4.69, 9.17) is 0 Å². The van der Waals surface area contributed by atoms with Crippen molar-refractivity contribution >= 4 is 23.2 Å². The van der Waals surface area contributed by atoms with Gasteiger partial charge in [-0.15, -0.1) is 0 Å². The number of hydrogen-bond acceptors (Lipinski definition) is 1. The molecule has 3 aromatic rings. The predicted octanol–water partition coefficient (Wildman–Crippen LogP) is 1.16. The van der Waals surface area contributed by atoms with E-state index >= 15 is 0 Å². The monoisotopic (exact) mass is 423 g/mol. The molecule has 0 bridgehead atoms. The Balaban J connectivity index is 0.00000196. The molecule has 0 spiro atoms. The molecule has 0 radical (unpaired) electrons. The zero-order valence-electron chi connectivity index (χ0n) is 14.9. The number of nitrogens with zero attached hydrogens (tertiary/aromatic N) is 1. The van der Waals surface area contributed by atoms with Crippen LogP contribution < -0.4 is 32.9 Å². The first kappa shape index (κ1) is 18.9. The second-order valence-corrected chi connectivity index (χ2v) is 9.74. The van der Waals surface area contributed by atoms with Crippen LogP contribution in [0.4, 0.5) is 0 Å². The number of benzene rings is 3. The second-order valence-electron chi connectivity index (χ2n) is 6.49. The molecule has 1 aliphatic heterocycles. The van der Waals surface area contributed by atoms with Gasteiger partial charge in [0.15, 0.2) is 0 Å². The molecule has 3 heteroatoms. The first-order chi connectivity index (χ1) is 12.3. The molecule has 3 aromatic carbocycles. The topological polar surface area (TPSA) is 3.01 Å². The Labute approximate surface area is 167 Å². The van der Waals surface area contributed by atoms with E-state index in [0.29, 0.717) is 0 Å². The third-order valence-electron chi connectivity index (χ3n) is 4.82. The molecule has 0 aromatic heterocycles. The maximum absolute atomic E-state index is 2.56. The van der Waals surface area contributed by atoms with Crippen LogP contribution in [0.5, 0.6) is 0 Å². The van der Waals surface area contributed by atoms with Gasteiger partial charge in [-0.2, -0.15) is 0 Å². The summed E-state index contributed by atoms with van der Waals surface area (Å²) in [6, 6.07) is 33.0. The van der Waals surface area contributed by atoms with E-state index in [1.54, 1.807) is 0 Å². The lowest BCUT2D eigenvalue weighted by Crippen LogP contribution is -3.00. The fourth-order valence-electron chi connectivity index (χ4n) is 3.42. The third-order valence-corrected chi connectivity index (χ3v) is 8.92. The summed E-state index contributed by atoms with van der Waals surface area (Å²) >= 11 is 0. The summed E-state index contributed by atoms with van der Waals surface area (Å²) in [6.07, 6.45) is 0. The Morgan fingerprint density at radius 3 is 1.35 bits per heavy atom.